The fourth-order valence-corrected chi connectivity index (χ4v) is 3.77. The molecule has 0 bridgehead atoms. The molecule has 4 nitrogen and oxygen atoms in total. The van der Waals surface area contributed by atoms with Crippen molar-refractivity contribution in [2.45, 2.75) is 31.8 Å². The fraction of sp³-hybridized carbons (Fsp3) is 0.375. The quantitative estimate of drug-likeness (QED) is 0.947. The number of fused-ring (bicyclic) bond motifs is 1. The smallest absolute Gasteiger partial charge is 0.243 e. The molecule has 1 aliphatic heterocycles. The summed E-state index contributed by atoms with van der Waals surface area (Å²) < 4.78 is 1.22. The molecule has 3 rings (SSSR count). The molecule has 2 aromatic rings. The second-order valence-corrected chi connectivity index (χ2v) is 6.59. The Labute approximate surface area is 127 Å². The number of carbonyl (C=O) groups excluding carboxylic acids is 2. The van der Waals surface area contributed by atoms with Gasteiger partial charge in [0.2, 0.25) is 11.8 Å². The summed E-state index contributed by atoms with van der Waals surface area (Å²) in [7, 11) is 1.70. The van der Waals surface area contributed by atoms with Crippen molar-refractivity contribution in [3.8, 4) is 0 Å². The number of hydrogen-bond donors (Lipinski definition) is 1. The first-order valence-electron chi connectivity index (χ1n) is 7.11. The van der Waals surface area contributed by atoms with Gasteiger partial charge in [0.1, 0.15) is 6.04 Å². The minimum atomic E-state index is -0.325. The predicted molar refractivity (Wildman–Crippen MR) is 84.2 cm³/mol. The van der Waals surface area contributed by atoms with E-state index in [2.05, 4.69) is 23.5 Å². The van der Waals surface area contributed by atoms with Gasteiger partial charge in [-0.3, -0.25) is 9.59 Å². The number of likely N-dealkylation sites (tertiary alicyclic amines) is 1. The lowest BCUT2D eigenvalue weighted by atomic mass is 10.1. The number of thiophene rings is 1. The molecule has 5 heteroatoms. The van der Waals surface area contributed by atoms with Crippen molar-refractivity contribution in [2.24, 2.45) is 0 Å². The third kappa shape index (κ3) is 2.65. The number of rotatable bonds is 3. The Morgan fingerprint density at radius 3 is 2.86 bits per heavy atom. The number of amides is 2. The number of nitrogens with one attached hydrogen (secondary N) is 1. The Balaban J connectivity index is 1.72. The van der Waals surface area contributed by atoms with E-state index in [1.165, 1.54) is 10.1 Å². The lowest BCUT2D eigenvalue weighted by Crippen LogP contribution is -2.43. The van der Waals surface area contributed by atoms with Gasteiger partial charge in [-0.05, 0) is 30.9 Å². The molecule has 21 heavy (non-hydrogen) atoms. The molecular formula is C16H18N2O2S. The fourth-order valence-electron chi connectivity index (χ4n) is 2.71. The Morgan fingerprint density at radius 1 is 1.43 bits per heavy atom. The topological polar surface area (TPSA) is 49.4 Å². The van der Waals surface area contributed by atoms with Crippen molar-refractivity contribution in [1.29, 1.82) is 0 Å². The van der Waals surface area contributed by atoms with E-state index in [4.69, 9.17) is 0 Å². The summed E-state index contributed by atoms with van der Waals surface area (Å²) in [5, 5.41) is 4.23. The Hall–Kier alpha value is -1.88. The predicted octanol–water partition coefficient (Wildman–Crippen LogP) is 2.70. The summed E-state index contributed by atoms with van der Waals surface area (Å²) in [4.78, 5) is 26.5. The van der Waals surface area contributed by atoms with E-state index < -0.39 is 0 Å². The summed E-state index contributed by atoms with van der Waals surface area (Å²) in [6, 6.07) is 9.95. The van der Waals surface area contributed by atoms with Crippen molar-refractivity contribution >= 4 is 33.2 Å². The van der Waals surface area contributed by atoms with Gasteiger partial charge in [-0.1, -0.05) is 18.2 Å². The van der Waals surface area contributed by atoms with E-state index in [0.717, 1.165) is 4.88 Å². The second-order valence-electron chi connectivity index (χ2n) is 5.48. The molecule has 0 radical (unpaired) electrons. The lowest BCUT2D eigenvalue weighted by molar-refractivity contribution is -0.134. The highest BCUT2D eigenvalue weighted by Gasteiger charge is 2.33. The van der Waals surface area contributed by atoms with Crippen molar-refractivity contribution in [3.05, 3.63) is 35.2 Å². The molecule has 1 N–H and O–H groups in total. The molecule has 0 saturated carbocycles. The molecule has 110 valence electrons. The molecular weight excluding hydrogens is 284 g/mol. The van der Waals surface area contributed by atoms with Crippen LogP contribution in [0.1, 0.15) is 30.7 Å². The molecule has 0 spiro atoms. The van der Waals surface area contributed by atoms with Crippen molar-refractivity contribution in [1.82, 2.24) is 10.2 Å². The van der Waals surface area contributed by atoms with Gasteiger partial charge in [-0.2, -0.15) is 0 Å². The number of benzene rings is 1. The molecule has 1 aromatic carbocycles. The van der Waals surface area contributed by atoms with E-state index in [9.17, 15) is 9.59 Å². The van der Waals surface area contributed by atoms with E-state index in [-0.39, 0.29) is 23.9 Å². The number of carbonyl (C=O) groups is 2. The van der Waals surface area contributed by atoms with Crippen LogP contribution in [0, 0.1) is 0 Å². The van der Waals surface area contributed by atoms with Crippen molar-refractivity contribution in [2.75, 3.05) is 7.05 Å². The Morgan fingerprint density at radius 2 is 2.19 bits per heavy atom. The normalized spacial score (nSPS) is 20.0. The highest BCUT2D eigenvalue weighted by Crippen LogP contribution is 2.30. The highest BCUT2D eigenvalue weighted by atomic mass is 32.1. The van der Waals surface area contributed by atoms with Crippen LogP contribution in [-0.2, 0) is 9.59 Å². The summed E-state index contributed by atoms with van der Waals surface area (Å²) in [6.45, 7) is 1.99. The zero-order valence-corrected chi connectivity index (χ0v) is 12.9. The molecule has 1 saturated heterocycles. The largest absolute Gasteiger partial charge is 0.347 e. The van der Waals surface area contributed by atoms with Crippen LogP contribution in [0.15, 0.2) is 30.3 Å². The molecule has 1 aliphatic rings. The van der Waals surface area contributed by atoms with Crippen molar-refractivity contribution < 1.29 is 9.59 Å². The maximum atomic E-state index is 12.3. The van der Waals surface area contributed by atoms with Crippen LogP contribution in [0.25, 0.3) is 10.1 Å². The Bertz CT molecular complexity index is 661. The molecule has 2 amide bonds. The second kappa shape index (κ2) is 5.48. The molecule has 0 aliphatic carbocycles. The van der Waals surface area contributed by atoms with E-state index in [1.54, 1.807) is 23.3 Å². The van der Waals surface area contributed by atoms with Crippen LogP contribution in [0.3, 0.4) is 0 Å². The first-order valence-corrected chi connectivity index (χ1v) is 7.92. The number of likely N-dealkylation sites (N-methyl/N-ethyl adjacent to an activating group) is 1. The van der Waals surface area contributed by atoms with Crippen LogP contribution in [0.5, 0.6) is 0 Å². The first kappa shape index (κ1) is 14.1. The first-order chi connectivity index (χ1) is 10.1. The average molecular weight is 302 g/mol. The molecule has 1 fully saturated rings. The highest BCUT2D eigenvalue weighted by molar-refractivity contribution is 7.19. The minimum absolute atomic E-state index is 0.0426. The maximum absolute atomic E-state index is 12.3. The number of hydrogen-bond acceptors (Lipinski definition) is 3. The summed E-state index contributed by atoms with van der Waals surface area (Å²) in [5.74, 6) is -0.0158. The van der Waals surface area contributed by atoms with Crippen LogP contribution >= 0.6 is 11.3 Å². The number of nitrogens with zero attached hydrogens (tertiary/aromatic N) is 1. The zero-order chi connectivity index (χ0) is 15.0. The molecule has 2 atom stereocenters. The van der Waals surface area contributed by atoms with Gasteiger partial charge in [0.25, 0.3) is 0 Å². The molecule has 2 unspecified atom stereocenters. The zero-order valence-electron chi connectivity index (χ0n) is 12.1. The standard InChI is InChI=1S/C16H18N2O2S/c1-10(14-9-11-5-3-4-6-13(11)21-14)17-16(20)12-7-8-15(19)18(12)2/h3-6,9-10,12H,7-8H2,1-2H3,(H,17,20). The van der Waals surface area contributed by atoms with Gasteiger partial charge in [0.15, 0.2) is 0 Å². The van der Waals surface area contributed by atoms with E-state index >= 15 is 0 Å². The summed E-state index contributed by atoms with van der Waals surface area (Å²) in [5.41, 5.74) is 0. The lowest BCUT2D eigenvalue weighted by Gasteiger charge is -2.21. The van der Waals surface area contributed by atoms with E-state index in [0.29, 0.717) is 12.8 Å². The van der Waals surface area contributed by atoms with Gasteiger partial charge >= 0.3 is 0 Å². The van der Waals surface area contributed by atoms with Gasteiger partial charge in [0, 0.05) is 23.0 Å². The van der Waals surface area contributed by atoms with Crippen LogP contribution in [-0.4, -0.2) is 29.8 Å². The molecule has 2 heterocycles. The van der Waals surface area contributed by atoms with Gasteiger partial charge in [0.05, 0.1) is 6.04 Å². The monoisotopic (exact) mass is 302 g/mol. The van der Waals surface area contributed by atoms with Crippen LogP contribution in [0.2, 0.25) is 0 Å². The SMILES string of the molecule is CC(NC(=O)C1CCC(=O)N1C)c1cc2ccccc2s1. The molecule has 1 aromatic heterocycles. The van der Waals surface area contributed by atoms with Gasteiger partial charge < -0.3 is 10.2 Å². The summed E-state index contributed by atoms with van der Waals surface area (Å²) >= 11 is 1.70. The third-order valence-electron chi connectivity index (χ3n) is 4.03. The summed E-state index contributed by atoms with van der Waals surface area (Å²) in [6.07, 6.45) is 1.08. The van der Waals surface area contributed by atoms with Crippen LogP contribution in [0.4, 0.5) is 0 Å². The van der Waals surface area contributed by atoms with E-state index in [1.807, 2.05) is 19.1 Å². The van der Waals surface area contributed by atoms with Crippen molar-refractivity contribution in [3.63, 3.8) is 0 Å². The maximum Gasteiger partial charge on any atom is 0.243 e. The average Bonchev–Trinajstić information content (AvgIpc) is 3.03. The van der Waals surface area contributed by atoms with Gasteiger partial charge in [-0.25, -0.2) is 0 Å². The van der Waals surface area contributed by atoms with Gasteiger partial charge in [-0.15, -0.1) is 11.3 Å². The minimum Gasteiger partial charge on any atom is -0.347 e. The van der Waals surface area contributed by atoms with Crippen LogP contribution < -0.4 is 5.32 Å². The Kier molecular flexibility index (Phi) is 3.68. The third-order valence-corrected chi connectivity index (χ3v) is 5.32.